The predicted molar refractivity (Wildman–Crippen MR) is 116 cm³/mol. The Kier molecular flexibility index (Phi) is 10.4. The molecule has 0 spiro atoms. The number of halogens is 2. The summed E-state index contributed by atoms with van der Waals surface area (Å²) in [6.45, 7) is 6.54. The van der Waals surface area contributed by atoms with Crippen molar-refractivity contribution in [2.75, 3.05) is 26.7 Å². The van der Waals surface area contributed by atoms with Gasteiger partial charge in [-0.1, -0.05) is 29.7 Å². The van der Waals surface area contributed by atoms with Crippen LogP contribution in [0.3, 0.4) is 0 Å². The quantitative estimate of drug-likeness (QED) is 0.343. The minimum Gasteiger partial charge on any atom is -0.492 e. The fourth-order valence-corrected chi connectivity index (χ4v) is 2.36. The molecule has 0 radical (unpaired) electrons. The number of rotatable bonds is 8. The largest absolute Gasteiger partial charge is 0.492 e. The number of aromatic nitrogens is 1. The monoisotopic (exact) mass is 492 g/mol. The van der Waals surface area contributed by atoms with E-state index < -0.39 is 0 Å². The minimum absolute atomic E-state index is 0. The zero-order valence-electron chi connectivity index (χ0n) is 15.4. The SMILES string of the molecule is CCNC(=NCc1cc(CC)no1)N(C)CCOc1cccc(Cl)c1.I. The fraction of sp³-hybridized carbons (Fsp3) is 0.444. The highest BCUT2D eigenvalue weighted by molar-refractivity contribution is 14.0. The van der Waals surface area contributed by atoms with Gasteiger partial charge in [-0.15, -0.1) is 24.0 Å². The van der Waals surface area contributed by atoms with E-state index in [9.17, 15) is 0 Å². The average Bonchev–Trinajstić information content (AvgIpc) is 3.06. The van der Waals surface area contributed by atoms with Crippen LogP contribution in [-0.2, 0) is 13.0 Å². The highest BCUT2D eigenvalue weighted by atomic mass is 127. The van der Waals surface area contributed by atoms with Crippen LogP contribution in [0.25, 0.3) is 0 Å². The van der Waals surface area contributed by atoms with Crippen molar-refractivity contribution in [3.63, 3.8) is 0 Å². The average molecular weight is 493 g/mol. The molecule has 26 heavy (non-hydrogen) atoms. The summed E-state index contributed by atoms with van der Waals surface area (Å²) in [5, 5.41) is 7.92. The lowest BCUT2D eigenvalue weighted by atomic mass is 10.3. The second-order valence-electron chi connectivity index (χ2n) is 5.54. The van der Waals surface area contributed by atoms with E-state index in [2.05, 4.69) is 15.5 Å². The lowest BCUT2D eigenvalue weighted by Crippen LogP contribution is -2.40. The van der Waals surface area contributed by atoms with Gasteiger partial charge < -0.3 is 19.5 Å². The van der Waals surface area contributed by atoms with Gasteiger partial charge in [0.25, 0.3) is 0 Å². The number of aliphatic imine (C=N–C) groups is 1. The molecule has 0 unspecified atom stereocenters. The number of guanidine groups is 1. The van der Waals surface area contributed by atoms with Gasteiger partial charge in [-0.05, 0) is 31.5 Å². The number of aryl methyl sites for hydroxylation is 1. The van der Waals surface area contributed by atoms with Gasteiger partial charge in [-0.2, -0.15) is 0 Å². The number of hydrogen-bond acceptors (Lipinski definition) is 4. The van der Waals surface area contributed by atoms with Crippen molar-refractivity contribution < 1.29 is 9.26 Å². The van der Waals surface area contributed by atoms with E-state index in [0.717, 1.165) is 36.1 Å². The third kappa shape index (κ3) is 7.41. The van der Waals surface area contributed by atoms with Crippen molar-refractivity contribution in [2.24, 2.45) is 4.99 Å². The van der Waals surface area contributed by atoms with Gasteiger partial charge in [0.05, 0.1) is 12.2 Å². The van der Waals surface area contributed by atoms with E-state index in [1.54, 1.807) is 6.07 Å². The number of hydrogen-bond donors (Lipinski definition) is 1. The minimum atomic E-state index is 0. The van der Waals surface area contributed by atoms with Crippen LogP contribution < -0.4 is 10.1 Å². The number of benzene rings is 1. The van der Waals surface area contributed by atoms with Gasteiger partial charge in [-0.3, -0.25) is 0 Å². The number of ether oxygens (including phenoxy) is 1. The molecule has 0 amide bonds. The molecule has 0 aliphatic rings. The zero-order chi connectivity index (χ0) is 18.1. The first-order chi connectivity index (χ1) is 12.1. The molecule has 2 aromatic rings. The lowest BCUT2D eigenvalue weighted by Gasteiger charge is -2.22. The topological polar surface area (TPSA) is 62.9 Å². The Hall–Kier alpha value is -1.48. The molecule has 0 saturated heterocycles. The van der Waals surface area contributed by atoms with E-state index in [4.69, 9.17) is 20.9 Å². The second-order valence-corrected chi connectivity index (χ2v) is 5.97. The molecule has 2 rings (SSSR count). The van der Waals surface area contributed by atoms with Crippen molar-refractivity contribution in [1.29, 1.82) is 0 Å². The molecular weight excluding hydrogens is 467 g/mol. The maximum absolute atomic E-state index is 5.96. The molecule has 0 aliphatic heterocycles. The van der Waals surface area contributed by atoms with Gasteiger partial charge >= 0.3 is 0 Å². The van der Waals surface area contributed by atoms with Crippen LogP contribution in [0.5, 0.6) is 5.75 Å². The summed E-state index contributed by atoms with van der Waals surface area (Å²) >= 11 is 5.96. The van der Waals surface area contributed by atoms with E-state index in [-0.39, 0.29) is 24.0 Å². The van der Waals surface area contributed by atoms with Crippen molar-refractivity contribution >= 4 is 41.5 Å². The summed E-state index contributed by atoms with van der Waals surface area (Å²) in [6.07, 6.45) is 0.855. The molecule has 144 valence electrons. The Morgan fingerprint density at radius 2 is 2.15 bits per heavy atom. The summed E-state index contributed by atoms with van der Waals surface area (Å²) in [6, 6.07) is 9.32. The molecule has 0 atom stereocenters. The van der Waals surface area contributed by atoms with Crippen molar-refractivity contribution in [2.45, 2.75) is 26.8 Å². The second kappa shape index (κ2) is 12.0. The standard InChI is InChI=1S/C18H25ClN4O2.HI/c1-4-15-12-17(25-22-15)13-21-18(20-5-2)23(3)9-10-24-16-8-6-7-14(19)11-16;/h6-8,11-12H,4-5,9-10,13H2,1-3H3,(H,20,21);1H. The summed E-state index contributed by atoms with van der Waals surface area (Å²) < 4.78 is 11.0. The van der Waals surface area contributed by atoms with E-state index in [1.165, 1.54) is 0 Å². The Bertz CT molecular complexity index is 693. The van der Waals surface area contributed by atoms with Crippen LogP contribution in [-0.4, -0.2) is 42.8 Å². The molecule has 0 bridgehead atoms. The first-order valence-electron chi connectivity index (χ1n) is 8.44. The van der Waals surface area contributed by atoms with Gasteiger partial charge in [0.15, 0.2) is 11.7 Å². The normalized spacial score (nSPS) is 11.0. The van der Waals surface area contributed by atoms with Crippen LogP contribution >= 0.6 is 35.6 Å². The van der Waals surface area contributed by atoms with Gasteiger partial charge in [0.2, 0.25) is 0 Å². The van der Waals surface area contributed by atoms with Crippen LogP contribution in [0.2, 0.25) is 5.02 Å². The van der Waals surface area contributed by atoms with Crippen LogP contribution in [0.4, 0.5) is 0 Å². The molecule has 1 aromatic carbocycles. The third-order valence-corrected chi connectivity index (χ3v) is 3.78. The van der Waals surface area contributed by atoms with E-state index >= 15 is 0 Å². The van der Waals surface area contributed by atoms with Crippen LogP contribution in [0.15, 0.2) is 39.8 Å². The third-order valence-electron chi connectivity index (χ3n) is 3.54. The molecule has 0 saturated carbocycles. The highest BCUT2D eigenvalue weighted by Gasteiger charge is 2.08. The Labute approximate surface area is 177 Å². The maximum Gasteiger partial charge on any atom is 0.194 e. The van der Waals surface area contributed by atoms with Gasteiger partial charge in [0.1, 0.15) is 18.9 Å². The summed E-state index contributed by atoms with van der Waals surface area (Å²) in [5.41, 5.74) is 0.943. The predicted octanol–water partition coefficient (Wildman–Crippen LogP) is 3.98. The number of nitrogens with zero attached hydrogens (tertiary/aromatic N) is 3. The molecule has 1 heterocycles. The van der Waals surface area contributed by atoms with Crippen LogP contribution in [0.1, 0.15) is 25.3 Å². The van der Waals surface area contributed by atoms with Gasteiger partial charge in [-0.25, -0.2) is 4.99 Å². The van der Waals surface area contributed by atoms with Crippen LogP contribution in [0, 0.1) is 0 Å². The Morgan fingerprint density at radius 1 is 1.35 bits per heavy atom. The molecular formula is C18H26ClIN4O2. The molecule has 0 aliphatic carbocycles. The van der Waals surface area contributed by atoms with E-state index in [1.807, 2.05) is 50.1 Å². The highest BCUT2D eigenvalue weighted by Crippen LogP contribution is 2.16. The van der Waals surface area contributed by atoms with Crippen molar-refractivity contribution in [1.82, 2.24) is 15.4 Å². The molecule has 6 nitrogen and oxygen atoms in total. The maximum atomic E-state index is 5.96. The lowest BCUT2D eigenvalue weighted by molar-refractivity contribution is 0.281. The zero-order valence-corrected chi connectivity index (χ0v) is 18.5. The molecule has 8 heteroatoms. The first kappa shape index (κ1) is 22.6. The molecule has 1 N–H and O–H groups in total. The van der Waals surface area contributed by atoms with Crippen molar-refractivity contribution in [3.05, 3.63) is 46.8 Å². The number of nitrogens with one attached hydrogen (secondary N) is 1. The van der Waals surface area contributed by atoms with Crippen molar-refractivity contribution in [3.8, 4) is 5.75 Å². The summed E-state index contributed by atoms with van der Waals surface area (Å²) in [5.74, 6) is 2.32. The first-order valence-corrected chi connectivity index (χ1v) is 8.82. The van der Waals surface area contributed by atoms with Gasteiger partial charge in [0, 0.05) is 24.7 Å². The number of likely N-dealkylation sites (N-methyl/N-ethyl adjacent to an activating group) is 1. The smallest absolute Gasteiger partial charge is 0.194 e. The van der Waals surface area contributed by atoms with E-state index in [0.29, 0.717) is 24.7 Å². The molecule has 0 fully saturated rings. The Morgan fingerprint density at radius 3 is 2.81 bits per heavy atom. The Balaban J connectivity index is 0.00000338. The summed E-state index contributed by atoms with van der Waals surface area (Å²) in [4.78, 5) is 6.61. The summed E-state index contributed by atoms with van der Waals surface area (Å²) in [7, 11) is 1.97. The molecule has 1 aromatic heterocycles. The fourth-order valence-electron chi connectivity index (χ4n) is 2.18.